The molecule has 1 aromatic heterocycles. The maximum atomic E-state index is 13.9. The first-order valence-corrected chi connectivity index (χ1v) is 13.2. The van der Waals surface area contributed by atoms with Gasteiger partial charge >= 0.3 is 0 Å². The van der Waals surface area contributed by atoms with Gasteiger partial charge in [0.2, 0.25) is 5.91 Å². The van der Waals surface area contributed by atoms with Crippen LogP contribution in [0.3, 0.4) is 0 Å². The molecule has 0 saturated heterocycles. The summed E-state index contributed by atoms with van der Waals surface area (Å²) in [4.78, 5) is 34.1. The van der Waals surface area contributed by atoms with Crippen molar-refractivity contribution < 1.29 is 9.59 Å². The van der Waals surface area contributed by atoms with E-state index < -0.39 is 5.54 Å². The van der Waals surface area contributed by atoms with Gasteiger partial charge in [-0.25, -0.2) is 4.98 Å². The van der Waals surface area contributed by atoms with Gasteiger partial charge in [-0.2, -0.15) is 0 Å². The van der Waals surface area contributed by atoms with Crippen molar-refractivity contribution in [2.45, 2.75) is 76.4 Å². The van der Waals surface area contributed by atoms with E-state index in [0.717, 1.165) is 42.3 Å². The second kappa shape index (κ2) is 10.0. The van der Waals surface area contributed by atoms with Gasteiger partial charge in [0.25, 0.3) is 5.91 Å². The number of carbonyl (C=O) groups is 2. The van der Waals surface area contributed by atoms with Crippen molar-refractivity contribution in [2.24, 2.45) is 0 Å². The van der Waals surface area contributed by atoms with Crippen LogP contribution in [0.25, 0.3) is 11.0 Å². The van der Waals surface area contributed by atoms with Crippen LogP contribution in [0.4, 0.5) is 0 Å². The van der Waals surface area contributed by atoms with E-state index in [0.29, 0.717) is 30.4 Å². The number of imidazole rings is 1. The van der Waals surface area contributed by atoms with Crippen molar-refractivity contribution in [2.75, 3.05) is 6.54 Å². The highest BCUT2D eigenvalue weighted by Gasteiger charge is 2.48. The van der Waals surface area contributed by atoms with Crippen molar-refractivity contribution in [1.82, 2.24) is 19.8 Å². The lowest BCUT2D eigenvalue weighted by Gasteiger charge is -2.44. The van der Waals surface area contributed by atoms with Crippen LogP contribution in [-0.4, -0.2) is 44.4 Å². The molecule has 1 aliphatic carbocycles. The van der Waals surface area contributed by atoms with Crippen LogP contribution < -0.4 is 5.32 Å². The van der Waals surface area contributed by atoms with E-state index in [1.165, 1.54) is 19.3 Å². The Kier molecular flexibility index (Phi) is 6.83. The standard InChI is InChI=1S/C28H33ClN4O2/c1-28(27(35)30-22-9-5-3-2-4-6-10-22)19-32-24-12-8-7-11-23(24)31-25(32)26(34)33(28)18-17-20-13-15-21(29)16-14-20/h7-8,11-16,22H,2-6,9-10,17-19H2,1H3,(H,30,35)/t28-/m1/s1. The van der Waals surface area contributed by atoms with Crippen molar-refractivity contribution in [3.8, 4) is 0 Å². The fraction of sp³-hybridized carbons (Fsp3) is 0.464. The minimum Gasteiger partial charge on any atom is -0.351 e. The SMILES string of the molecule is C[C@]1(C(=O)NC2CCCCCCC2)Cn2c(nc3ccccc32)C(=O)N1CCc1ccc(Cl)cc1. The summed E-state index contributed by atoms with van der Waals surface area (Å²) in [7, 11) is 0. The van der Waals surface area contributed by atoms with Crippen molar-refractivity contribution >= 4 is 34.4 Å². The summed E-state index contributed by atoms with van der Waals surface area (Å²) in [6, 6.07) is 15.6. The third-order valence-corrected chi connectivity index (χ3v) is 7.87. The topological polar surface area (TPSA) is 67.2 Å². The number of rotatable bonds is 5. The molecule has 0 radical (unpaired) electrons. The number of amides is 2. The van der Waals surface area contributed by atoms with E-state index in [-0.39, 0.29) is 17.9 Å². The first-order valence-electron chi connectivity index (χ1n) is 12.8. The molecule has 0 spiro atoms. The summed E-state index contributed by atoms with van der Waals surface area (Å²) < 4.78 is 1.92. The number of fused-ring (bicyclic) bond motifs is 3. The fourth-order valence-corrected chi connectivity index (χ4v) is 5.64. The van der Waals surface area contributed by atoms with Crippen LogP contribution in [0, 0.1) is 0 Å². The van der Waals surface area contributed by atoms with Crippen molar-refractivity contribution in [3.05, 3.63) is 64.9 Å². The second-order valence-corrected chi connectivity index (χ2v) is 10.6. The summed E-state index contributed by atoms with van der Waals surface area (Å²) in [5, 5.41) is 4.02. The maximum absolute atomic E-state index is 13.9. The van der Waals surface area contributed by atoms with E-state index in [1.807, 2.05) is 60.0 Å². The van der Waals surface area contributed by atoms with Gasteiger partial charge in [-0.3, -0.25) is 9.59 Å². The molecule has 0 bridgehead atoms. The number of halogens is 1. The maximum Gasteiger partial charge on any atom is 0.290 e. The molecule has 35 heavy (non-hydrogen) atoms. The molecule has 0 unspecified atom stereocenters. The number of aromatic nitrogens is 2. The molecule has 7 heteroatoms. The van der Waals surface area contributed by atoms with Gasteiger partial charge in [-0.1, -0.05) is 68.0 Å². The summed E-state index contributed by atoms with van der Waals surface area (Å²) in [5.74, 6) is 0.131. The lowest BCUT2D eigenvalue weighted by Crippen LogP contribution is -2.65. The normalized spacial score (nSPS) is 21.4. The predicted molar refractivity (Wildman–Crippen MR) is 139 cm³/mol. The Morgan fingerprint density at radius 2 is 1.74 bits per heavy atom. The van der Waals surface area contributed by atoms with Gasteiger partial charge in [0, 0.05) is 17.6 Å². The Balaban J connectivity index is 1.46. The lowest BCUT2D eigenvalue weighted by atomic mass is 9.92. The Labute approximate surface area is 211 Å². The molecule has 6 nitrogen and oxygen atoms in total. The molecule has 1 aliphatic heterocycles. The van der Waals surface area contributed by atoms with Crippen LogP contribution in [0.5, 0.6) is 0 Å². The molecule has 1 N–H and O–H groups in total. The first kappa shape index (κ1) is 23.9. The highest BCUT2D eigenvalue weighted by molar-refractivity contribution is 6.30. The summed E-state index contributed by atoms with van der Waals surface area (Å²) in [5.41, 5.74) is 1.72. The molecule has 2 heterocycles. The van der Waals surface area contributed by atoms with Gasteiger partial charge in [0.15, 0.2) is 5.82 Å². The smallest absolute Gasteiger partial charge is 0.290 e. The fourth-order valence-electron chi connectivity index (χ4n) is 5.51. The monoisotopic (exact) mass is 492 g/mol. The largest absolute Gasteiger partial charge is 0.351 e. The molecule has 2 amide bonds. The minimum atomic E-state index is -1.01. The van der Waals surface area contributed by atoms with Crippen LogP contribution >= 0.6 is 11.6 Å². The summed E-state index contributed by atoms with van der Waals surface area (Å²) in [6.07, 6.45) is 8.63. The van der Waals surface area contributed by atoms with E-state index >= 15 is 0 Å². The van der Waals surface area contributed by atoms with Gasteiger partial charge in [0.05, 0.1) is 17.6 Å². The van der Waals surface area contributed by atoms with Crippen LogP contribution in [0.2, 0.25) is 5.02 Å². The number of hydrogen-bond donors (Lipinski definition) is 1. The number of nitrogens with one attached hydrogen (secondary N) is 1. The summed E-state index contributed by atoms with van der Waals surface area (Å²) >= 11 is 6.05. The van der Waals surface area contributed by atoms with E-state index in [9.17, 15) is 9.59 Å². The average Bonchev–Trinajstić information content (AvgIpc) is 3.20. The number of carbonyl (C=O) groups excluding carboxylic acids is 2. The number of para-hydroxylation sites is 2. The molecule has 1 fully saturated rings. The third-order valence-electron chi connectivity index (χ3n) is 7.62. The van der Waals surface area contributed by atoms with Crippen molar-refractivity contribution in [1.29, 1.82) is 0 Å². The first-order chi connectivity index (χ1) is 17.0. The zero-order valence-electron chi connectivity index (χ0n) is 20.3. The van der Waals surface area contributed by atoms with Gasteiger partial charge in [-0.15, -0.1) is 0 Å². The van der Waals surface area contributed by atoms with Crippen molar-refractivity contribution in [3.63, 3.8) is 0 Å². The van der Waals surface area contributed by atoms with Gasteiger partial charge in [-0.05, 0) is 56.0 Å². The second-order valence-electron chi connectivity index (χ2n) is 10.1. The van der Waals surface area contributed by atoms with Crippen LogP contribution in [0.1, 0.15) is 68.1 Å². The van der Waals surface area contributed by atoms with Gasteiger partial charge in [0.1, 0.15) is 5.54 Å². The minimum absolute atomic E-state index is 0.0732. The molecule has 184 valence electrons. The van der Waals surface area contributed by atoms with Crippen LogP contribution in [0.15, 0.2) is 48.5 Å². The quantitative estimate of drug-likeness (QED) is 0.520. The zero-order valence-corrected chi connectivity index (χ0v) is 21.1. The predicted octanol–water partition coefficient (Wildman–Crippen LogP) is 5.38. The number of benzene rings is 2. The Morgan fingerprint density at radius 3 is 2.49 bits per heavy atom. The molecule has 2 aliphatic rings. The molecule has 5 rings (SSSR count). The van der Waals surface area contributed by atoms with E-state index in [2.05, 4.69) is 10.3 Å². The van der Waals surface area contributed by atoms with Crippen LogP contribution in [-0.2, 0) is 17.8 Å². The highest BCUT2D eigenvalue weighted by Crippen LogP contribution is 2.31. The van der Waals surface area contributed by atoms with E-state index in [1.54, 1.807) is 4.90 Å². The molecule has 1 atom stereocenters. The Morgan fingerprint density at radius 1 is 1.06 bits per heavy atom. The molecule has 3 aromatic rings. The molecule has 1 saturated carbocycles. The molecule has 2 aromatic carbocycles. The summed E-state index contributed by atoms with van der Waals surface area (Å²) in [6.45, 7) is 2.72. The zero-order chi connectivity index (χ0) is 24.4. The average molecular weight is 493 g/mol. The highest BCUT2D eigenvalue weighted by atomic mass is 35.5. The Bertz CT molecular complexity index is 1210. The van der Waals surface area contributed by atoms with E-state index in [4.69, 9.17) is 11.6 Å². The molecular weight excluding hydrogens is 460 g/mol. The third kappa shape index (κ3) is 4.81. The number of hydrogen-bond acceptors (Lipinski definition) is 3. The Hall–Kier alpha value is -2.86. The van der Waals surface area contributed by atoms with Gasteiger partial charge < -0.3 is 14.8 Å². The lowest BCUT2D eigenvalue weighted by molar-refractivity contribution is -0.133. The molecular formula is C28H33ClN4O2. The number of nitrogens with zero attached hydrogens (tertiary/aromatic N) is 3.